The van der Waals surface area contributed by atoms with Gasteiger partial charge in [0.25, 0.3) is 5.91 Å². The van der Waals surface area contributed by atoms with Crippen molar-refractivity contribution in [1.82, 2.24) is 4.57 Å². The summed E-state index contributed by atoms with van der Waals surface area (Å²) in [4.78, 5) is 17.4. The number of halogens is 2. The molecule has 3 rings (SSSR count). The lowest BCUT2D eigenvalue weighted by Crippen LogP contribution is -2.16. The predicted molar refractivity (Wildman–Crippen MR) is 109 cm³/mol. The van der Waals surface area contributed by atoms with Gasteiger partial charge >= 0.3 is 0 Å². The van der Waals surface area contributed by atoms with Gasteiger partial charge in [0.1, 0.15) is 0 Å². The van der Waals surface area contributed by atoms with Gasteiger partial charge in [0.15, 0.2) is 16.3 Å². The number of aromatic nitrogens is 1. The molecule has 0 aliphatic rings. The number of hydrogen-bond donors (Lipinski definition) is 0. The van der Waals surface area contributed by atoms with Crippen molar-refractivity contribution in [3.8, 4) is 11.5 Å². The Bertz CT molecular complexity index is 1100. The number of ether oxygens (including phenoxy) is 2. The van der Waals surface area contributed by atoms with Gasteiger partial charge in [-0.15, -0.1) is 6.58 Å². The third-order valence-corrected chi connectivity index (χ3v) is 5.45. The molecule has 0 aliphatic carbocycles. The van der Waals surface area contributed by atoms with E-state index < -0.39 is 5.91 Å². The summed E-state index contributed by atoms with van der Waals surface area (Å²) in [6.45, 7) is 4.27. The van der Waals surface area contributed by atoms with Gasteiger partial charge in [-0.1, -0.05) is 40.6 Å². The van der Waals surface area contributed by atoms with Crippen LogP contribution in [0, 0.1) is 0 Å². The maximum atomic E-state index is 12.6. The van der Waals surface area contributed by atoms with Gasteiger partial charge in [-0.25, -0.2) is 0 Å². The Morgan fingerprint density at radius 2 is 1.93 bits per heavy atom. The second kappa shape index (κ2) is 8.17. The Hall–Kier alpha value is -2.28. The average Bonchev–Trinajstić information content (AvgIpc) is 2.96. The van der Waals surface area contributed by atoms with Gasteiger partial charge in [-0.05, 0) is 18.2 Å². The summed E-state index contributed by atoms with van der Waals surface area (Å²) in [5.74, 6) is 0.759. The molecule has 0 saturated carbocycles. The normalized spacial score (nSPS) is 11.6. The summed E-state index contributed by atoms with van der Waals surface area (Å²) < 4.78 is 13.5. The Morgan fingerprint density at radius 3 is 2.56 bits per heavy atom. The first-order chi connectivity index (χ1) is 13.0. The van der Waals surface area contributed by atoms with E-state index in [1.807, 2.05) is 16.7 Å². The van der Waals surface area contributed by atoms with Crippen LogP contribution in [0.25, 0.3) is 10.2 Å². The number of carbonyl (C=O) groups excluding carboxylic acids is 1. The number of carbonyl (C=O) groups is 1. The lowest BCUT2D eigenvalue weighted by atomic mass is 10.2. The molecule has 0 N–H and O–H groups in total. The van der Waals surface area contributed by atoms with Crippen LogP contribution in [0.4, 0.5) is 0 Å². The fourth-order valence-electron chi connectivity index (χ4n) is 2.60. The molecule has 0 spiro atoms. The molecule has 0 bridgehead atoms. The van der Waals surface area contributed by atoms with Crippen molar-refractivity contribution in [2.24, 2.45) is 4.99 Å². The van der Waals surface area contributed by atoms with Gasteiger partial charge < -0.3 is 14.0 Å². The summed E-state index contributed by atoms with van der Waals surface area (Å²) >= 11 is 13.4. The molecular weight excluding hydrogens is 407 g/mol. The van der Waals surface area contributed by atoms with E-state index in [1.165, 1.54) is 17.4 Å². The van der Waals surface area contributed by atoms with Crippen LogP contribution in [0.15, 0.2) is 48.0 Å². The van der Waals surface area contributed by atoms with Crippen LogP contribution < -0.4 is 14.3 Å². The Kier molecular flexibility index (Phi) is 5.89. The van der Waals surface area contributed by atoms with Crippen molar-refractivity contribution in [1.29, 1.82) is 0 Å². The second-order valence-electron chi connectivity index (χ2n) is 5.50. The quantitative estimate of drug-likeness (QED) is 0.546. The second-order valence-corrected chi connectivity index (χ2v) is 7.35. The van der Waals surface area contributed by atoms with Crippen molar-refractivity contribution >= 4 is 50.7 Å². The number of benzene rings is 2. The summed E-state index contributed by atoms with van der Waals surface area (Å²) in [6.07, 6.45) is 1.74. The third-order valence-electron chi connectivity index (χ3n) is 3.86. The third kappa shape index (κ3) is 3.88. The fourth-order valence-corrected chi connectivity index (χ4v) is 4.13. The summed E-state index contributed by atoms with van der Waals surface area (Å²) in [7, 11) is 3.15. The van der Waals surface area contributed by atoms with Gasteiger partial charge in [0.2, 0.25) is 0 Å². The maximum absolute atomic E-state index is 12.6. The number of allylic oxidation sites excluding steroid dienone is 1. The first-order valence-corrected chi connectivity index (χ1v) is 9.46. The van der Waals surface area contributed by atoms with Crippen LogP contribution in [-0.4, -0.2) is 24.7 Å². The number of nitrogens with zero attached hydrogens (tertiary/aromatic N) is 2. The first-order valence-electron chi connectivity index (χ1n) is 7.88. The van der Waals surface area contributed by atoms with Gasteiger partial charge in [-0.2, -0.15) is 4.99 Å². The van der Waals surface area contributed by atoms with Crippen molar-refractivity contribution in [2.45, 2.75) is 6.54 Å². The number of fused-ring (bicyclic) bond motifs is 1. The average molecular weight is 423 g/mol. The minimum absolute atomic E-state index is 0.260. The molecule has 2 aromatic carbocycles. The molecule has 0 fully saturated rings. The van der Waals surface area contributed by atoms with Crippen molar-refractivity contribution in [3.63, 3.8) is 0 Å². The van der Waals surface area contributed by atoms with Gasteiger partial charge in [0, 0.05) is 23.7 Å². The number of hydrogen-bond acceptors (Lipinski definition) is 4. The van der Waals surface area contributed by atoms with Gasteiger partial charge in [0.05, 0.1) is 35.0 Å². The maximum Gasteiger partial charge on any atom is 0.281 e. The first kappa shape index (κ1) is 19.5. The predicted octanol–water partition coefficient (Wildman–Crippen LogP) is 4.95. The van der Waals surface area contributed by atoms with Crippen molar-refractivity contribution < 1.29 is 14.3 Å². The molecule has 5 nitrogen and oxygen atoms in total. The Morgan fingerprint density at radius 1 is 1.22 bits per heavy atom. The molecule has 8 heteroatoms. The van der Waals surface area contributed by atoms with Crippen LogP contribution in [0.5, 0.6) is 11.5 Å². The van der Waals surface area contributed by atoms with E-state index in [1.54, 1.807) is 32.4 Å². The molecule has 0 atom stereocenters. The molecule has 0 aliphatic heterocycles. The molecule has 1 amide bonds. The molecule has 0 radical (unpaired) electrons. The summed E-state index contributed by atoms with van der Waals surface area (Å²) in [6, 6.07) is 8.40. The van der Waals surface area contributed by atoms with E-state index in [2.05, 4.69) is 11.6 Å². The van der Waals surface area contributed by atoms with E-state index in [0.717, 1.165) is 10.2 Å². The Labute approximate surface area is 170 Å². The zero-order chi connectivity index (χ0) is 19.6. The minimum atomic E-state index is -0.444. The van der Waals surface area contributed by atoms with Gasteiger partial charge in [-0.3, -0.25) is 4.79 Å². The van der Waals surface area contributed by atoms with Crippen LogP contribution in [0.2, 0.25) is 10.0 Å². The molecule has 0 saturated heterocycles. The van der Waals surface area contributed by atoms with E-state index in [0.29, 0.717) is 33.4 Å². The van der Waals surface area contributed by atoms with Crippen LogP contribution in [-0.2, 0) is 6.54 Å². The number of methoxy groups -OCH3 is 2. The Balaban J connectivity index is 2.20. The lowest BCUT2D eigenvalue weighted by molar-refractivity contribution is 0.0998. The summed E-state index contributed by atoms with van der Waals surface area (Å²) in [5, 5.41) is 0.718. The van der Waals surface area contributed by atoms with Crippen LogP contribution in [0.3, 0.4) is 0 Å². The highest BCUT2D eigenvalue weighted by Crippen LogP contribution is 2.33. The van der Waals surface area contributed by atoms with E-state index in [-0.39, 0.29) is 5.02 Å². The van der Waals surface area contributed by atoms with E-state index in [9.17, 15) is 4.79 Å². The smallest absolute Gasteiger partial charge is 0.281 e. The minimum Gasteiger partial charge on any atom is -0.493 e. The number of amides is 1. The number of rotatable bonds is 5. The molecular formula is C19H16Cl2N2O3S. The standard InChI is InChI=1S/C19H16Cl2N2O3S/c1-4-7-23-14-9-15(25-2)16(26-3)10-17(14)27-19(23)22-18(24)12-6-5-11(20)8-13(12)21/h4-6,8-10H,1,7H2,2-3H3. The molecule has 1 heterocycles. The lowest BCUT2D eigenvalue weighted by Gasteiger charge is -2.08. The molecule has 3 aromatic rings. The van der Waals surface area contributed by atoms with Crippen molar-refractivity contribution in [3.05, 3.63) is 63.4 Å². The highest BCUT2D eigenvalue weighted by atomic mass is 35.5. The van der Waals surface area contributed by atoms with E-state index in [4.69, 9.17) is 32.7 Å². The largest absolute Gasteiger partial charge is 0.493 e. The molecule has 140 valence electrons. The van der Waals surface area contributed by atoms with Crippen LogP contribution >= 0.6 is 34.5 Å². The van der Waals surface area contributed by atoms with Crippen molar-refractivity contribution in [2.75, 3.05) is 14.2 Å². The monoisotopic (exact) mass is 422 g/mol. The molecule has 0 unspecified atom stereocenters. The fraction of sp³-hybridized carbons (Fsp3) is 0.158. The highest BCUT2D eigenvalue weighted by Gasteiger charge is 2.14. The molecule has 1 aromatic heterocycles. The van der Waals surface area contributed by atoms with E-state index >= 15 is 0 Å². The van der Waals surface area contributed by atoms with Crippen LogP contribution in [0.1, 0.15) is 10.4 Å². The zero-order valence-corrected chi connectivity index (χ0v) is 17.0. The highest BCUT2D eigenvalue weighted by molar-refractivity contribution is 7.16. The topological polar surface area (TPSA) is 52.8 Å². The zero-order valence-electron chi connectivity index (χ0n) is 14.7. The SMILES string of the molecule is C=CCn1c(=NC(=O)c2ccc(Cl)cc2Cl)sc2cc(OC)c(OC)cc21. The summed E-state index contributed by atoms with van der Waals surface area (Å²) in [5.41, 5.74) is 1.16. The number of thiazole rings is 1. The molecule has 27 heavy (non-hydrogen) atoms.